The van der Waals surface area contributed by atoms with Crippen molar-refractivity contribution in [1.29, 1.82) is 0 Å². The molecule has 4 heteroatoms. The van der Waals surface area contributed by atoms with E-state index >= 15 is 0 Å². The topological polar surface area (TPSA) is 82.0 Å². The molecule has 0 saturated carbocycles. The van der Waals surface area contributed by atoms with Crippen LogP contribution in [0.1, 0.15) is 30.1 Å². The van der Waals surface area contributed by atoms with Crippen molar-refractivity contribution in [3.63, 3.8) is 0 Å². The van der Waals surface area contributed by atoms with Crippen LogP contribution in [0.4, 0.5) is 5.69 Å². The highest BCUT2D eigenvalue weighted by molar-refractivity contribution is 6.00. The summed E-state index contributed by atoms with van der Waals surface area (Å²) in [5.41, 5.74) is 12.2. The average molecular weight is 207 g/mol. The highest BCUT2D eigenvalue weighted by Crippen LogP contribution is 2.16. The van der Waals surface area contributed by atoms with Gasteiger partial charge in [0.1, 0.15) is 0 Å². The maximum Gasteiger partial charge on any atom is 0.166 e. The maximum absolute atomic E-state index is 11.8. The van der Waals surface area contributed by atoms with E-state index in [0.29, 0.717) is 24.2 Å². The summed E-state index contributed by atoms with van der Waals surface area (Å²) < 4.78 is 0. The van der Waals surface area contributed by atoms with Crippen LogP contribution < -0.4 is 11.5 Å². The van der Waals surface area contributed by atoms with Crippen LogP contribution in [0, 0.1) is 5.92 Å². The van der Waals surface area contributed by atoms with Gasteiger partial charge in [-0.1, -0.05) is 13.3 Å². The third-order valence-electron chi connectivity index (χ3n) is 2.54. The second kappa shape index (κ2) is 5.46. The Balaban J connectivity index is 2.73. The molecule has 1 atom stereocenters. The number of carbonyl (C=O) groups excluding carboxylic acids is 1. The van der Waals surface area contributed by atoms with Crippen LogP contribution in [-0.4, -0.2) is 17.3 Å². The molecule has 0 aliphatic carbocycles. The number of anilines is 1. The van der Waals surface area contributed by atoms with E-state index in [1.807, 2.05) is 6.92 Å². The summed E-state index contributed by atoms with van der Waals surface area (Å²) in [4.78, 5) is 15.7. The van der Waals surface area contributed by atoms with Gasteiger partial charge < -0.3 is 11.5 Å². The molecule has 1 heterocycles. The van der Waals surface area contributed by atoms with Crippen LogP contribution in [0.15, 0.2) is 18.5 Å². The van der Waals surface area contributed by atoms with E-state index in [1.54, 1.807) is 12.3 Å². The molecule has 4 N–H and O–H groups in total. The Morgan fingerprint density at radius 1 is 1.60 bits per heavy atom. The number of nitrogen functional groups attached to an aromatic ring is 1. The third-order valence-corrected chi connectivity index (χ3v) is 2.54. The zero-order chi connectivity index (χ0) is 11.3. The summed E-state index contributed by atoms with van der Waals surface area (Å²) in [5, 5.41) is 0. The van der Waals surface area contributed by atoms with Gasteiger partial charge in [-0.15, -0.1) is 0 Å². The van der Waals surface area contributed by atoms with Gasteiger partial charge in [-0.05, 0) is 18.5 Å². The lowest BCUT2D eigenvalue weighted by Gasteiger charge is -2.11. The number of ketones is 1. The number of hydrogen-bond acceptors (Lipinski definition) is 4. The maximum atomic E-state index is 11.8. The fourth-order valence-electron chi connectivity index (χ4n) is 1.40. The molecule has 0 amide bonds. The Labute approximate surface area is 89.7 Å². The van der Waals surface area contributed by atoms with Crippen LogP contribution in [0.25, 0.3) is 0 Å². The number of hydrogen-bond donors (Lipinski definition) is 2. The predicted molar refractivity (Wildman–Crippen MR) is 60.4 cm³/mol. The number of nitrogens with two attached hydrogens (primary N) is 2. The first kappa shape index (κ1) is 11.7. The van der Waals surface area contributed by atoms with Crippen LogP contribution >= 0.6 is 0 Å². The van der Waals surface area contributed by atoms with Crippen LogP contribution in [0.2, 0.25) is 0 Å². The van der Waals surface area contributed by atoms with Crippen molar-refractivity contribution in [3.05, 3.63) is 24.0 Å². The lowest BCUT2D eigenvalue weighted by molar-refractivity contribution is 0.0962. The molecule has 0 aliphatic rings. The SMILES string of the molecule is CCC(CN)CC(=O)c1cnccc1N. The number of carbonyl (C=O) groups is 1. The molecule has 0 fully saturated rings. The largest absolute Gasteiger partial charge is 0.398 e. The summed E-state index contributed by atoms with van der Waals surface area (Å²) in [6.45, 7) is 2.56. The van der Waals surface area contributed by atoms with Gasteiger partial charge in [0.15, 0.2) is 5.78 Å². The first-order valence-corrected chi connectivity index (χ1v) is 5.11. The van der Waals surface area contributed by atoms with E-state index in [2.05, 4.69) is 4.98 Å². The molecule has 0 bridgehead atoms. The summed E-state index contributed by atoms with van der Waals surface area (Å²) >= 11 is 0. The lowest BCUT2D eigenvalue weighted by Crippen LogP contribution is -2.18. The Hall–Kier alpha value is -1.42. The highest BCUT2D eigenvalue weighted by Gasteiger charge is 2.14. The van der Waals surface area contributed by atoms with Gasteiger partial charge in [-0.25, -0.2) is 0 Å². The second-order valence-corrected chi connectivity index (χ2v) is 3.60. The standard InChI is InChI=1S/C11H17N3O/c1-2-8(6-12)5-11(15)9-7-14-4-3-10(9)13/h3-4,7-8H,2,5-6,12H2,1H3,(H2,13,14). The van der Waals surface area contributed by atoms with Crippen molar-refractivity contribution in [1.82, 2.24) is 4.98 Å². The zero-order valence-corrected chi connectivity index (χ0v) is 8.94. The van der Waals surface area contributed by atoms with Gasteiger partial charge >= 0.3 is 0 Å². The fraction of sp³-hybridized carbons (Fsp3) is 0.455. The highest BCUT2D eigenvalue weighted by atomic mass is 16.1. The zero-order valence-electron chi connectivity index (χ0n) is 8.94. The number of rotatable bonds is 5. The van der Waals surface area contributed by atoms with Crippen LogP contribution in [0.5, 0.6) is 0 Å². The number of pyridine rings is 1. The van der Waals surface area contributed by atoms with E-state index in [9.17, 15) is 4.79 Å². The summed E-state index contributed by atoms with van der Waals surface area (Å²) in [6, 6.07) is 1.64. The van der Waals surface area contributed by atoms with E-state index in [4.69, 9.17) is 11.5 Å². The van der Waals surface area contributed by atoms with Gasteiger partial charge in [0.2, 0.25) is 0 Å². The van der Waals surface area contributed by atoms with Crippen molar-refractivity contribution >= 4 is 11.5 Å². The first-order chi connectivity index (χ1) is 7.19. The molecular weight excluding hydrogens is 190 g/mol. The number of aromatic nitrogens is 1. The van der Waals surface area contributed by atoms with Crippen LogP contribution in [-0.2, 0) is 0 Å². The molecule has 0 radical (unpaired) electrons. The fourth-order valence-corrected chi connectivity index (χ4v) is 1.40. The second-order valence-electron chi connectivity index (χ2n) is 3.60. The summed E-state index contributed by atoms with van der Waals surface area (Å²) in [7, 11) is 0. The van der Waals surface area contributed by atoms with Gasteiger partial charge in [-0.3, -0.25) is 9.78 Å². The van der Waals surface area contributed by atoms with Crippen molar-refractivity contribution < 1.29 is 4.79 Å². The van der Waals surface area contributed by atoms with E-state index in [-0.39, 0.29) is 11.7 Å². The molecule has 1 unspecified atom stereocenters. The molecule has 15 heavy (non-hydrogen) atoms. The summed E-state index contributed by atoms with van der Waals surface area (Å²) in [5.74, 6) is 0.259. The molecule has 82 valence electrons. The molecular formula is C11H17N3O. The smallest absolute Gasteiger partial charge is 0.166 e. The lowest BCUT2D eigenvalue weighted by atomic mass is 9.96. The summed E-state index contributed by atoms with van der Waals surface area (Å²) in [6.07, 6.45) is 4.44. The quantitative estimate of drug-likeness (QED) is 0.711. The Morgan fingerprint density at radius 2 is 2.33 bits per heavy atom. The Morgan fingerprint density at radius 3 is 2.87 bits per heavy atom. The monoisotopic (exact) mass is 207 g/mol. The van der Waals surface area contributed by atoms with E-state index < -0.39 is 0 Å². The minimum absolute atomic E-state index is 0.0258. The molecule has 0 spiro atoms. The van der Waals surface area contributed by atoms with Crippen molar-refractivity contribution in [2.75, 3.05) is 12.3 Å². The minimum Gasteiger partial charge on any atom is -0.398 e. The van der Waals surface area contributed by atoms with Gasteiger partial charge in [-0.2, -0.15) is 0 Å². The van der Waals surface area contributed by atoms with E-state index in [0.717, 1.165) is 6.42 Å². The van der Waals surface area contributed by atoms with Crippen molar-refractivity contribution in [3.8, 4) is 0 Å². The third kappa shape index (κ3) is 3.02. The van der Waals surface area contributed by atoms with E-state index in [1.165, 1.54) is 6.20 Å². The molecule has 0 aromatic carbocycles. The minimum atomic E-state index is 0.0258. The molecule has 1 rings (SSSR count). The van der Waals surface area contributed by atoms with Gasteiger partial charge in [0.05, 0.1) is 5.56 Å². The molecule has 4 nitrogen and oxygen atoms in total. The van der Waals surface area contributed by atoms with Gasteiger partial charge in [0, 0.05) is 24.5 Å². The van der Waals surface area contributed by atoms with Gasteiger partial charge in [0.25, 0.3) is 0 Å². The molecule has 0 saturated heterocycles. The van der Waals surface area contributed by atoms with Crippen LogP contribution in [0.3, 0.4) is 0 Å². The van der Waals surface area contributed by atoms with Crippen molar-refractivity contribution in [2.45, 2.75) is 19.8 Å². The number of nitrogens with zero attached hydrogens (tertiary/aromatic N) is 1. The Kier molecular flexibility index (Phi) is 4.24. The first-order valence-electron chi connectivity index (χ1n) is 5.11. The predicted octanol–water partition coefficient (Wildman–Crippen LogP) is 1.22. The van der Waals surface area contributed by atoms with Crippen molar-refractivity contribution in [2.24, 2.45) is 11.7 Å². The average Bonchev–Trinajstić information content (AvgIpc) is 2.26. The molecule has 1 aromatic heterocycles. The number of Topliss-reactive ketones (excluding diaryl/α,β-unsaturated/α-hetero) is 1. The Bertz CT molecular complexity index is 334. The normalized spacial score (nSPS) is 12.4. The molecule has 0 aliphatic heterocycles. The molecule has 1 aromatic rings.